The maximum absolute atomic E-state index is 12.2. The summed E-state index contributed by atoms with van der Waals surface area (Å²) in [7, 11) is 0. The second-order valence-electron chi connectivity index (χ2n) is 5.14. The maximum atomic E-state index is 12.2. The molecule has 0 aromatic heterocycles. The van der Waals surface area contributed by atoms with Crippen molar-refractivity contribution >= 4 is 17.7 Å². The molecule has 6 nitrogen and oxygen atoms in total. The van der Waals surface area contributed by atoms with Gasteiger partial charge in [0.25, 0.3) is 0 Å². The number of carbonyl (C=O) groups excluding carboxylic acids is 1. The molecule has 2 rings (SSSR count). The van der Waals surface area contributed by atoms with Crippen LogP contribution in [0.2, 0.25) is 0 Å². The summed E-state index contributed by atoms with van der Waals surface area (Å²) in [6, 6.07) is 6.75. The van der Waals surface area contributed by atoms with Crippen LogP contribution < -0.4 is 10.2 Å². The predicted octanol–water partition coefficient (Wildman–Crippen LogP) is 1.77. The van der Waals surface area contributed by atoms with Gasteiger partial charge in [0.2, 0.25) is 0 Å². The van der Waals surface area contributed by atoms with Crippen molar-refractivity contribution in [3.8, 4) is 0 Å². The number of urea groups is 1. The molecule has 1 aliphatic heterocycles. The van der Waals surface area contributed by atoms with E-state index >= 15 is 0 Å². The number of aliphatic carboxylic acids is 1. The van der Waals surface area contributed by atoms with Crippen LogP contribution >= 0.6 is 0 Å². The lowest BCUT2D eigenvalue weighted by Crippen LogP contribution is -2.45. The van der Waals surface area contributed by atoms with Gasteiger partial charge in [-0.15, -0.1) is 0 Å². The molecule has 0 aliphatic carbocycles. The Morgan fingerprint density at radius 2 is 2.10 bits per heavy atom. The van der Waals surface area contributed by atoms with Crippen molar-refractivity contribution in [1.82, 2.24) is 5.32 Å². The van der Waals surface area contributed by atoms with Crippen LogP contribution in [0, 0.1) is 6.92 Å². The van der Waals surface area contributed by atoms with Crippen molar-refractivity contribution in [3.63, 3.8) is 0 Å². The first-order valence-corrected chi connectivity index (χ1v) is 7.01. The van der Waals surface area contributed by atoms with E-state index in [1.54, 1.807) is 12.1 Å². The molecule has 1 atom stereocenters. The summed E-state index contributed by atoms with van der Waals surface area (Å²) < 4.78 is 5.44. The second-order valence-corrected chi connectivity index (χ2v) is 5.14. The molecular weight excluding hydrogens is 272 g/mol. The minimum absolute atomic E-state index is 0.0265. The third-order valence-corrected chi connectivity index (χ3v) is 3.39. The Hall–Kier alpha value is -2.08. The molecule has 1 heterocycles. The van der Waals surface area contributed by atoms with Gasteiger partial charge in [-0.2, -0.15) is 0 Å². The lowest BCUT2D eigenvalue weighted by Gasteiger charge is -2.22. The van der Waals surface area contributed by atoms with Gasteiger partial charge in [0.05, 0.1) is 6.10 Å². The molecule has 1 aromatic carbocycles. The van der Waals surface area contributed by atoms with Crippen molar-refractivity contribution in [3.05, 3.63) is 29.8 Å². The Balaban J connectivity index is 2.01. The van der Waals surface area contributed by atoms with Gasteiger partial charge in [-0.25, -0.2) is 4.79 Å². The van der Waals surface area contributed by atoms with Crippen molar-refractivity contribution in [1.29, 1.82) is 0 Å². The van der Waals surface area contributed by atoms with Gasteiger partial charge < -0.3 is 15.2 Å². The molecule has 6 heteroatoms. The quantitative estimate of drug-likeness (QED) is 0.867. The normalized spacial score (nSPS) is 17.5. The Morgan fingerprint density at radius 3 is 2.67 bits per heavy atom. The number of amides is 2. The fourth-order valence-corrected chi connectivity index (χ4v) is 2.24. The van der Waals surface area contributed by atoms with E-state index in [1.165, 1.54) is 4.90 Å². The highest BCUT2D eigenvalue weighted by Gasteiger charge is 2.21. The Bertz CT molecular complexity index is 495. The zero-order valence-electron chi connectivity index (χ0n) is 12.0. The number of benzene rings is 1. The van der Waals surface area contributed by atoms with E-state index in [9.17, 15) is 9.59 Å². The Labute approximate surface area is 123 Å². The van der Waals surface area contributed by atoms with E-state index in [2.05, 4.69) is 5.32 Å². The molecule has 0 spiro atoms. The summed E-state index contributed by atoms with van der Waals surface area (Å²) in [5, 5.41) is 11.7. The number of hydrogen-bond donors (Lipinski definition) is 2. The molecule has 0 bridgehead atoms. The van der Waals surface area contributed by atoms with Gasteiger partial charge in [0, 0.05) is 18.8 Å². The summed E-state index contributed by atoms with van der Waals surface area (Å²) in [4.78, 5) is 24.4. The smallest absolute Gasteiger partial charge is 0.323 e. The van der Waals surface area contributed by atoms with Crippen LogP contribution in [-0.4, -0.2) is 42.9 Å². The molecule has 2 N–H and O–H groups in total. The van der Waals surface area contributed by atoms with Crippen LogP contribution in [0.25, 0.3) is 0 Å². The van der Waals surface area contributed by atoms with E-state index in [1.807, 2.05) is 19.1 Å². The number of carboxylic acids is 1. The first kappa shape index (κ1) is 15.3. The molecule has 0 saturated carbocycles. The largest absolute Gasteiger partial charge is 0.480 e. The second kappa shape index (κ2) is 7.08. The molecule has 1 fully saturated rings. The summed E-state index contributed by atoms with van der Waals surface area (Å²) in [5.41, 5.74) is 1.61. The highest BCUT2D eigenvalue weighted by Crippen LogP contribution is 2.16. The monoisotopic (exact) mass is 292 g/mol. The number of hydrogen-bond acceptors (Lipinski definition) is 3. The third kappa shape index (κ3) is 4.46. The number of nitrogens with zero attached hydrogens (tertiary/aromatic N) is 1. The average molecular weight is 292 g/mol. The number of anilines is 1. The van der Waals surface area contributed by atoms with Crippen LogP contribution in [-0.2, 0) is 9.53 Å². The Morgan fingerprint density at radius 1 is 1.38 bits per heavy atom. The first-order chi connectivity index (χ1) is 10.1. The Kier molecular flexibility index (Phi) is 5.16. The molecule has 114 valence electrons. The van der Waals surface area contributed by atoms with E-state index in [-0.39, 0.29) is 12.6 Å². The van der Waals surface area contributed by atoms with Crippen molar-refractivity contribution < 1.29 is 19.4 Å². The van der Waals surface area contributed by atoms with Gasteiger partial charge in [0.15, 0.2) is 0 Å². The van der Waals surface area contributed by atoms with Gasteiger partial charge in [-0.3, -0.25) is 9.69 Å². The molecular formula is C15H20N2O4. The van der Waals surface area contributed by atoms with E-state index in [0.717, 1.165) is 25.0 Å². The number of ether oxygens (including phenoxy) is 1. The van der Waals surface area contributed by atoms with Gasteiger partial charge >= 0.3 is 12.0 Å². The highest BCUT2D eigenvalue weighted by molar-refractivity contribution is 5.96. The third-order valence-electron chi connectivity index (χ3n) is 3.39. The topological polar surface area (TPSA) is 78.9 Å². The van der Waals surface area contributed by atoms with Crippen molar-refractivity contribution in [2.24, 2.45) is 0 Å². The fraction of sp³-hybridized carbons (Fsp3) is 0.467. The van der Waals surface area contributed by atoms with Crippen LogP contribution in [0.3, 0.4) is 0 Å². The number of nitrogens with one attached hydrogen (secondary N) is 1. The lowest BCUT2D eigenvalue weighted by molar-refractivity contribution is -0.135. The summed E-state index contributed by atoms with van der Waals surface area (Å²) in [6.45, 7) is 2.68. The summed E-state index contributed by atoms with van der Waals surface area (Å²) >= 11 is 0. The highest BCUT2D eigenvalue weighted by atomic mass is 16.5. The average Bonchev–Trinajstić information content (AvgIpc) is 2.96. The fourth-order valence-electron chi connectivity index (χ4n) is 2.24. The van der Waals surface area contributed by atoms with Gasteiger partial charge in [-0.1, -0.05) is 17.7 Å². The number of carboxylic acid groups (broad SMARTS) is 1. The molecule has 1 aromatic rings. The van der Waals surface area contributed by atoms with E-state index < -0.39 is 12.0 Å². The molecule has 1 aliphatic rings. The number of aryl methyl sites for hydroxylation is 1. The van der Waals surface area contributed by atoms with Crippen molar-refractivity contribution in [2.45, 2.75) is 25.9 Å². The SMILES string of the molecule is Cc1ccc(N(CC(=O)O)C(=O)NCC2CCCO2)cc1. The van der Waals surface area contributed by atoms with Crippen molar-refractivity contribution in [2.75, 3.05) is 24.6 Å². The summed E-state index contributed by atoms with van der Waals surface area (Å²) in [5.74, 6) is -1.05. The number of rotatable bonds is 5. The zero-order valence-corrected chi connectivity index (χ0v) is 12.0. The molecule has 21 heavy (non-hydrogen) atoms. The number of carbonyl (C=O) groups is 2. The summed E-state index contributed by atoms with van der Waals surface area (Å²) in [6.07, 6.45) is 1.94. The molecule has 0 radical (unpaired) electrons. The van der Waals surface area contributed by atoms with Gasteiger partial charge in [0.1, 0.15) is 6.54 Å². The van der Waals surface area contributed by atoms with Crippen LogP contribution in [0.5, 0.6) is 0 Å². The zero-order chi connectivity index (χ0) is 15.2. The van der Waals surface area contributed by atoms with Crippen LogP contribution in [0.15, 0.2) is 24.3 Å². The van der Waals surface area contributed by atoms with Crippen LogP contribution in [0.4, 0.5) is 10.5 Å². The minimum atomic E-state index is -1.05. The molecule has 1 saturated heterocycles. The van der Waals surface area contributed by atoms with E-state index in [4.69, 9.17) is 9.84 Å². The molecule has 1 unspecified atom stereocenters. The maximum Gasteiger partial charge on any atom is 0.323 e. The predicted molar refractivity (Wildman–Crippen MR) is 78.5 cm³/mol. The van der Waals surface area contributed by atoms with Crippen LogP contribution in [0.1, 0.15) is 18.4 Å². The van der Waals surface area contributed by atoms with E-state index in [0.29, 0.717) is 12.2 Å². The van der Waals surface area contributed by atoms with Gasteiger partial charge in [-0.05, 0) is 31.9 Å². The first-order valence-electron chi connectivity index (χ1n) is 7.01. The standard InChI is InChI=1S/C15H20N2O4/c1-11-4-6-12(7-5-11)17(10-14(18)19)15(20)16-9-13-3-2-8-21-13/h4-7,13H,2-3,8-10H2,1H3,(H,16,20)(H,18,19). The molecule has 2 amide bonds. The minimum Gasteiger partial charge on any atom is -0.480 e. The lowest BCUT2D eigenvalue weighted by atomic mass is 10.2.